The van der Waals surface area contributed by atoms with Gasteiger partial charge in [-0.25, -0.2) is 8.78 Å². The van der Waals surface area contributed by atoms with Gasteiger partial charge in [0.25, 0.3) is 5.91 Å². The van der Waals surface area contributed by atoms with Crippen molar-refractivity contribution in [3.63, 3.8) is 0 Å². The Hall–Kier alpha value is -2.02. The zero-order chi connectivity index (χ0) is 15.4. The van der Waals surface area contributed by atoms with E-state index in [9.17, 15) is 18.4 Å². The third-order valence-corrected chi connectivity index (χ3v) is 3.36. The molecule has 1 heterocycles. The predicted octanol–water partition coefficient (Wildman–Crippen LogP) is 0.896. The second-order valence-corrected chi connectivity index (χ2v) is 4.70. The Balaban J connectivity index is 2.02. The van der Waals surface area contributed by atoms with Crippen molar-refractivity contribution in [2.24, 2.45) is 0 Å². The van der Waals surface area contributed by atoms with E-state index in [-0.39, 0.29) is 25.6 Å². The molecular weight excluding hydrogens is 282 g/mol. The van der Waals surface area contributed by atoms with Crippen molar-refractivity contribution in [1.29, 1.82) is 0 Å². The van der Waals surface area contributed by atoms with Gasteiger partial charge in [-0.15, -0.1) is 0 Å². The fraction of sp³-hybridized carbons (Fsp3) is 0.429. The number of rotatable bonds is 3. The maximum atomic E-state index is 13.6. The molecule has 1 aliphatic rings. The van der Waals surface area contributed by atoms with Crippen LogP contribution in [0.25, 0.3) is 0 Å². The first-order valence-electron chi connectivity index (χ1n) is 6.54. The topological polar surface area (TPSA) is 49.9 Å². The van der Waals surface area contributed by atoms with E-state index in [0.29, 0.717) is 13.1 Å². The maximum absolute atomic E-state index is 13.6. The number of benzene rings is 1. The Bertz CT molecular complexity index is 523. The van der Waals surface area contributed by atoms with Crippen molar-refractivity contribution < 1.29 is 23.1 Å². The van der Waals surface area contributed by atoms with Crippen LogP contribution in [0.1, 0.15) is 10.4 Å². The van der Waals surface area contributed by atoms with Gasteiger partial charge in [-0.2, -0.15) is 0 Å². The highest BCUT2D eigenvalue weighted by molar-refractivity contribution is 5.95. The minimum Gasteiger partial charge on any atom is -0.375 e. The smallest absolute Gasteiger partial charge is 0.259 e. The average Bonchev–Trinajstić information content (AvgIpc) is 2.47. The maximum Gasteiger partial charge on any atom is 0.259 e. The van der Waals surface area contributed by atoms with E-state index in [0.717, 1.165) is 12.1 Å². The minimum atomic E-state index is -0.877. The number of hydrogen-bond acceptors (Lipinski definition) is 3. The molecular formula is C14H16F2N2O3. The lowest BCUT2D eigenvalue weighted by Crippen LogP contribution is -2.51. The summed E-state index contributed by atoms with van der Waals surface area (Å²) in [6.07, 6.45) is 0. The van der Waals surface area contributed by atoms with Crippen LogP contribution in [0.4, 0.5) is 8.78 Å². The normalized spacial score (nSPS) is 15.2. The van der Waals surface area contributed by atoms with Crippen molar-refractivity contribution in [3.8, 4) is 0 Å². The molecule has 1 aromatic rings. The van der Waals surface area contributed by atoms with Crippen LogP contribution >= 0.6 is 0 Å². The highest BCUT2D eigenvalue weighted by Gasteiger charge is 2.27. The van der Waals surface area contributed by atoms with Crippen LogP contribution in [0.2, 0.25) is 0 Å². The Morgan fingerprint density at radius 2 is 1.62 bits per heavy atom. The Kier molecular flexibility index (Phi) is 4.85. The van der Waals surface area contributed by atoms with Crippen LogP contribution in [-0.4, -0.2) is 61.5 Å². The first-order chi connectivity index (χ1) is 10.0. The van der Waals surface area contributed by atoms with Crippen molar-refractivity contribution >= 4 is 11.8 Å². The number of nitrogens with zero attached hydrogens (tertiary/aromatic N) is 2. The summed E-state index contributed by atoms with van der Waals surface area (Å²) in [4.78, 5) is 26.7. The summed E-state index contributed by atoms with van der Waals surface area (Å²) in [7, 11) is 1.43. The Labute approximate surface area is 121 Å². The molecule has 5 nitrogen and oxygen atoms in total. The largest absolute Gasteiger partial charge is 0.375 e. The lowest BCUT2D eigenvalue weighted by atomic mass is 10.1. The van der Waals surface area contributed by atoms with E-state index in [1.165, 1.54) is 18.1 Å². The molecule has 0 radical (unpaired) electrons. The van der Waals surface area contributed by atoms with Gasteiger partial charge in [0.15, 0.2) is 0 Å². The van der Waals surface area contributed by atoms with E-state index >= 15 is 0 Å². The molecule has 0 aliphatic carbocycles. The van der Waals surface area contributed by atoms with Gasteiger partial charge in [0.2, 0.25) is 5.91 Å². The van der Waals surface area contributed by atoms with Gasteiger partial charge in [-0.3, -0.25) is 9.59 Å². The van der Waals surface area contributed by atoms with E-state index in [2.05, 4.69) is 0 Å². The minimum absolute atomic E-state index is 0.0180. The monoisotopic (exact) mass is 298 g/mol. The van der Waals surface area contributed by atoms with Crippen molar-refractivity contribution in [2.45, 2.75) is 0 Å². The Morgan fingerprint density at radius 1 is 1.10 bits per heavy atom. The molecule has 21 heavy (non-hydrogen) atoms. The number of carbonyl (C=O) groups excluding carboxylic acids is 2. The number of amides is 2. The summed E-state index contributed by atoms with van der Waals surface area (Å²) in [5, 5.41) is 0. The third kappa shape index (κ3) is 3.36. The number of methoxy groups -OCH3 is 1. The summed E-state index contributed by atoms with van der Waals surface area (Å²) in [6, 6.07) is 3.31. The molecule has 2 amide bonds. The van der Waals surface area contributed by atoms with Gasteiger partial charge in [-0.05, 0) is 12.1 Å². The van der Waals surface area contributed by atoms with Crippen LogP contribution in [-0.2, 0) is 9.53 Å². The zero-order valence-corrected chi connectivity index (χ0v) is 11.6. The molecule has 0 saturated carbocycles. The first kappa shape index (κ1) is 15.4. The molecule has 1 aliphatic heterocycles. The quantitative estimate of drug-likeness (QED) is 0.833. The van der Waals surface area contributed by atoms with Gasteiger partial charge >= 0.3 is 0 Å². The predicted molar refractivity (Wildman–Crippen MR) is 70.7 cm³/mol. The molecule has 114 valence electrons. The van der Waals surface area contributed by atoms with Crippen molar-refractivity contribution in [1.82, 2.24) is 9.80 Å². The van der Waals surface area contributed by atoms with E-state index in [4.69, 9.17) is 4.74 Å². The summed E-state index contributed by atoms with van der Waals surface area (Å²) in [5.74, 6) is -2.61. The fourth-order valence-electron chi connectivity index (χ4n) is 2.23. The molecule has 1 fully saturated rings. The van der Waals surface area contributed by atoms with Crippen LogP contribution < -0.4 is 0 Å². The molecule has 0 unspecified atom stereocenters. The third-order valence-electron chi connectivity index (χ3n) is 3.36. The standard InChI is InChI=1S/C14H16F2N2O3/c1-21-9-12(19)17-5-7-18(8-6-17)14(20)13-10(15)3-2-4-11(13)16/h2-4H,5-9H2,1H3. The fourth-order valence-corrected chi connectivity index (χ4v) is 2.23. The molecule has 0 spiro atoms. The highest BCUT2D eigenvalue weighted by Crippen LogP contribution is 2.16. The van der Waals surface area contributed by atoms with Crippen LogP contribution in [0.3, 0.4) is 0 Å². The van der Waals surface area contributed by atoms with Crippen molar-refractivity contribution in [2.75, 3.05) is 39.9 Å². The second kappa shape index (κ2) is 6.62. The lowest BCUT2D eigenvalue weighted by molar-refractivity contribution is -0.136. The van der Waals surface area contributed by atoms with Gasteiger partial charge in [0, 0.05) is 33.3 Å². The molecule has 7 heteroatoms. The number of hydrogen-bond donors (Lipinski definition) is 0. The average molecular weight is 298 g/mol. The van der Waals surface area contributed by atoms with Gasteiger partial charge < -0.3 is 14.5 Å². The highest BCUT2D eigenvalue weighted by atomic mass is 19.1. The number of halogens is 2. The summed E-state index contributed by atoms with van der Waals surface area (Å²) < 4.78 is 31.9. The van der Waals surface area contributed by atoms with E-state index in [1.54, 1.807) is 4.90 Å². The Morgan fingerprint density at radius 3 is 2.14 bits per heavy atom. The first-order valence-corrected chi connectivity index (χ1v) is 6.54. The number of carbonyl (C=O) groups is 2. The summed E-state index contributed by atoms with van der Waals surface area (Å²) in [6.45, 7) is 1.11. The summed E-state index contributed by atoms with van der Waals surface area (Å²) >= 11 is 0. The molecule has 0 aromatic heterocycles. The van der Waals surface area contributed by atoms with Gasteiger partial charge in [-0.1, -0.05) is 6.07 Å². The van der Waals surface area contributed by atoms with Crippen LogP contribution in [0.5, 0.6) is 0 Å². The molecule has 1 aromatic carbocycles. The van der Waals surface area contributed by atoms with Gasteiger partial charge in [0.1, 0.15) is 23.8 Å². The van der Waals surface area contributed by atoms with E-state index < -0.39 is 23.1 Å². The number of piperazine rings is 1. The van der Waals surface area contributed by atoms with Gasteiger partial charge in [0.05, 0.1) is 0 Å². The second-order valence-electron chi connectivity index (χ2n) is 4.70. The zero-order valence-electron chi connectivity index (χ0n) is 11.6. The molecule has 0 atom stereocenters. The number of ether oxygens (including phenoxy) is 1. The molecule has 0 bridgehead atoms. The molecule has 2 rings (SSSR count). The molecule has 1 saturated heterocycles. The van der Waals surface area contributed by atoms with Crippen LogP contribution in [0, 0.1) is 11.6 Å². The lowest BCUT2D eigenvalue weighted by Gasteiger charge is -2.34. The van der Waals surface area contributed by atoms with E-state index in [1.807, 2.05) is 0 Å². The summed E-state index contributed by atoms with van der Waals surface area (Å²) in [5.41, 5.74) is -0.547. The SMILES string of the molecule is COCC(=O)N1CCN(C(=O)c2c(F)cccc2F)CC1. The molecule has 0 N–H and O–H groups in total. The van der Waals surface area contributed by atoms with Crippen molar-refractivity contribution in [3.05, 3.63) is 35.4 Å². The van der Waals surface area contributed by atoms with Crippen LogP contribution in [0.15, 0.2) is 18.2 Å².